The first-order chi connectivity index (χ1) is 16.9. The Kier molecular flexibility index (Phi) is 5.75. The fourth-order valence-electron chi connectivity index (χ4n) is 5.95. The first kappa shape index (κ1) is 22.8. The van der Waals surface area contributed by atoms with Gasteiger partial charge in [0, 0.05) is 30.4 Å². The zero-order valence-corrected chi connectivity index (χ0v) is 20.9. The summed E-state index contributed by atoms with van der Waals surface area (Å²) in [5.41, 5.74) is 7.20. The number of aryl methyl sites for hydroxylation is 2. The summed E-state index contributed by atoms with van der Waals surface area (Å²) in [7, 11) is -4.25. The minimum Gasteiger partial charge on any atom is -0.381 e. The van der Waals surface area contributed by atoms with Crippen molar-refractivity contribution in [2.75, 3.05) is 22.8 Å². The van der Waals surface area contributed by atoms with Crippen LogP contribution in [0.15, 0.2) is 10.6 Å². The lowest BCUT2D eigenvalue weighted by molar-refractivity contribution is 0.0867. The van der Waals surface area contributed by atoms with E-state index in [1.165, 1.54) is 15.4 Å². The fraction of sp³-hybridized carbons (Fsp3) is 0.600. The predicted octanol–water partition coefficient (Wildman–Crippen LogP) is 3.89. The molecular formula is C25H32N4O5S. The second-order valence-corrected chi connectivity index (χ2v) is 11.8. The van der Waals surface area contributed by atoms with Gasteiger partial charge in [-0.1, -0.05) is 11.2 Å². The van der Waals surface area contributed by atoms with Crippen LogP contribution in [-0.4, -0.2) is 38.9 Å². The van der Waals surface area contributed by atoms with E-state index in [1.54, 1.807) is 0 Å². The first-order valence-corrected chi connectivity index (χ1v) is 14.2. The fourth-order valence-corrected chi connectivity index (χ4v) is 7.32. The molecule has 0 bridgehead atoms. The van der Waals surface area contributed by atoms with Crippen LogP contribution in [0.3, 0.4) is 0 Å². The van der Waals surface area contributed by atoms with E-state index in [1.807, 2.05) is 6.92 Å². The van der Waals surface area contributed by atoms with Crippen LogP contribution in [0.25, 0.3) is 0 Å². The number of hydrogen-bond acceptors (Lipinski definition) is 6. The number of nitrogens with zero attached hydrogens (tertiary/aromatic N) is 2. The molecule has 2 N–H and O–H groups in total. The first-order valence-electron chi connectivity index (χ1n) is 12.8. The van der Waals surface area contributed by atoms with Gasteiger partial charge in [0.15, 0.2) is 0 Å². The summed E-state index contributed by atoms with van der Waals surface area (Å²) in [6.45, 7) is 2.75. The zero-order valence-electron chi connectivity index (χ0n) is 20.1. The van der Waals surface area contributed by atoms with E-state index in [9.17, 15) is 13.2 Å². The van der Waals surface area contributed by atoms with Crippen molar-refractivity contribution in [1.29, 1.82) is 0 Å². The van der Waals surface area contributed by atoms with E-state index in [-0.39, 0.29) is 11.9 Å². The number of carbonyl (C=O) groups excluding carboxylic acids is 1. The summed E-state index contributed by atoms with van der Waals surface area (Å²) < 4.78 is 41.9. The molecule has 2 fully saturated rings. The van der Waals surface area contributed by atoms with Crippen molar-refractivity contribution in [1.82, 2.24) is 9.88 Å². The monoisotopic (exact) mass is 500 g/mol. The minimum atomic E-state index is -4.25. The third kappa shape index (κ3) is 4.20. The Morgan fingerprint density at radius 1 is 1.03 bits per heavy atom. The summed E-state index contributed by atoms with van der Waals surface area (Å²) in [6, 6.07) is 1.16. The van der Waals surface area contributed by atoms with Gasteiger partial charge in [0.2, 0.25) is 5.88 Å². The van der Waals surface area contributed by atoms with Gasteiger partial charge in [-0.25, -0.2) is 13.8 Å². The zero-order chi connectivity index (χ0) is 24.2. The maximum Gasteiger partial charge on any atom is 0.334 e. The van der Waals surface area contributed by atoms with Crippen LogP contribution >= 0.6 is 0 Å². The SMILES string of the molecule is Cc1c(C2CC2)noc1N(C1CCOCC1)S(=O)(=O)NC(=O)Nc1c2c(cc3c1CCC3)CCC2. The number of amides is 2. The average molecular weight is 501 g/mol. The molecule has 2 heterocycles. The molecule has 6 rings (SSSR count). The van der Waals surface area contributed by atoms with Gasteiger partial charge in [0.05, 0.1) is 11.7 Å². The van der Waals surface area contributed by atoms with Crippen LogP contribution in [0.1, 0.15) is 78.0 Å². The summed E-state index contributed by atoms with van der Waals surface area (Å²) in [5.74, 6) is 0.519. The molecule has 0 spiro atoms. The highest BCUT2D eigenvalue weighted by atomic mass is 32.2. The third-order valence-corrected chi connectivity index (χ3v) is 9.24. The molecule has 1 aromatic carbocycles. The molecule has 188 valence electrons. The van der Waals surface area contributed by atoms with Crippen molar-refractivity contribution < 1.29 is 22.5 Å². The lowest BCUT2D eigenvalue weighted by Crippen LogP contribution is -2.51. The molecule has 1 saturated heterocycles. The lowest BCUT2D eigenvalue weighted by Gasteiger charge is -2.33. The van der Waals surface area contributed by atoms with Crippen molar-refractivity contribution in [2.45, 2.75) is 83.1 Å². The Balaban J connectivity index is 1.29. The van der Waals surface area contributed by atoms with Crippen LogP contribution in [0, 0.1) is 6.92 Å². The molecule has 1 saturated carbocycles. The van der Waals surface area contributed by atoms with Crippen molar-refractivity contribution in [3.63, 3.8) is 0 Å². The predicted molar refractivity (Wildman–Crippen MR) is 131 cm³/mol. The van der Waals surface area contributed by atoms with Gasteiger partial charge >= 0.3 is 16.2 Å². The van der Waals surface area contributed by atoms with Gasteiger partial charge < -0.3 is 14.6 Å². The standard InChI is InChI=1S/C25H32N4O5S/c1-15-22(16-8-9-16)27-34-24(15)29(19-10-12-33-13-11-19)35(31,32)28-25(30)26-23-20-6-2-4-17(20)14-18-5-3-7-21(18)23/h14,16,19H,2-13H2,1H3,(H2,26,28,30). The van der Waals surface area contributed by atoms with E-state index in [2.05, 4.69) is 21.3 Å². The Bertz CT molecular complexity index is 1230. The number of benzene rings is 1. The van der Waals surface area contributed by atoms with Crippen LogP contribution in [0.5, 0.6) is 0 Å². The number of urea groups is 1. The summed E-state index contributed by atoms with van der Waals surface area (Å²) in [5, 5.41) is 7.12. The van der Waals surface area contributed by atoms with Crippen LogP contribution in [0.2, 0.25) is 0 Å². The Morgan fingerprint density at radius 2 is 1.69 bits per heavy atom. The van der Waals surface area contributed by atoms with Crippen molar-refractivity contribution in [3.05, 3.63) is 39.6 Å². The van der Waals surface area contributed by atoms with Gasteiger partial charge in [-0.15, -0.1) is 0 Å². The summed E-state index contributed by atoms with van der Waals surface area (Å²) in [6.07, 6.45) is 9.01. The van der Waals surface area contributed by atoms with Crippen LogP contribution < -0.4 is 14.3 Å². The highest BCUT2D eigenvalue weighted by Crippen LogP contribution is 2.44. The van der Waals surface area contributed by atoms with Gasteiger partial charge in [0.25, 0.3) is 0 Å². The second-order valence-electron chi connectivity index (χ2n) is 10.2. The minimum absolute atomic E-state index is 0.195. The highest BCUT2D eigenvalue weighted by Gasteiger charge is 2.39. The number of anilines is 2. The smallest absolute Gasteiger partial charge is 0.334 e. The van der Waals surface area contributed by atoms with E-state index >= 15 is 0 Å². The lowest BCUT2D eigenvalue weighted by atomic mass is 9.99. The molecule has 4 aliphatic rings. The molecule has 2 aromatic rings. The molecule has 2 amide bonds. The molecule has 3 aliphatic carbocycles. The topological polar surface area (TPSA) is 114 Å². The Hall–Kier alpha value is -2.59. The van der Waals surface area contributed by atoms with E-state index < -0.39 is 16.2 Å². The highest BCUT2D eigenvalue weighted by molar-refractivity contribution is 7.91. The number of ether oxygens (including phenoxy) is 1. The van der Waals surface area contributed by atoms with E-state index in [4.69, 9.17) is 9.26 Å². The quantitative estimate of drug-likeness (QED) is 0.622. The number of rotatable bonds is 6. The van der Waals surface area contributed by atoms with Crippen LogP contribution in [0.4, 0.5) is 16.4 Å². The third-order valence-electron chi connectivity index (χ3n) is 7.81. The number of fused-ring (bicyclic) bond motifs is 2. The average Bonchev–Trinajstić information content (AvgIpc) is 3.20. The molecule has 1 aromatic heterocycles. The normalized spacial score (nSPS) is 19.9. The van der Waals surface area contributed by atoms with E-state index in [0.717, 1.165) is 79.4 Å². The van der Waals surface area contributed by atoms with E-state index in [0.29, 0.717) is 32.0 Å². The van der Waals surface area contributed by atoms with Gasteiger partial charge in [0.1, 0.15) is 0 Å². The molecule has 9 nitrogen and oxygen atoms in total. The van der Waals surface area contributed by atoms with Gasteiger partial charge in [-0.3, -0.25) is 0 Å². The van der Waals surface area contributed by atoms with Crippen LogP contribution in [-0.2, 0) is 40.6 Å². The molecule has 0 unspecified atom stereocenters. The van der Waals surface area contributed by atoms with Gasteiger partial charge in [-0.05, 0) is 93.4 Å². The maximum atomic E-state index is 13.7. The maximum absolute atomic E-state index is 13.7. The summed E-state index contributed by atoms with van der Waals surface area (Å²) in [4.78, 5) is 13.2. The molecule has 0 atom stereocenters. The molecule has 10 heteroatoms. The molecule has 0 radical (unpaired) electrons. The molecule has 1 aliphatic heterocycles. The number of hydrogen-bond donors (Lipinski definition) is 2. The molecule has 35 heavy (non-hydrogen) atoms. The number of aromatic nitrogens is 1. The molecular weight excluding hydrogens is 468 g/mol. The summed E-state index contributed by atoms with van der Waals surface area (Å²) >= 11 is 0. The van der Waals surface area contributed by atoms with Crippen molar-refractivity contribution in [2.24, 2.45) is 0 Å². The number of carbonyl (C=O) groups is 1. The van der Waals surface area contributed by atoms with Crippen molar-refractivity contribution >= 4 is 27.8 Å². The Labute approximate surface area is 205 Å². The number of nitrogens with one attached hydrogen (secondary N) is 2. The second kappa shape index (κ2) is 8.81. The van der Waals surface area contributed by atoms with Crippen molar-refractivity contribution in [3.8, 4) is 0 Å². The Morgan fingerprint density at radius 3 is 2.31 bits per heavy atom. The largest absolute Gasteiger partial charge is 0.381 e. The van der Waals surface area contributed by atoms with Gasteiger partial charge in [-0.2, -0.15) is 8.42 Å².